The Bertz CT molecular complexity index is 299. The Morgan fingerprint density at radius 1 is 1.31 bits per heavy atom. The van der Waals surface area contributed by atoms with Gasteiger partial charge in [0.25, 0.3) is 0 Å². The first-order valence-electron chi connectivity index (χ1n) is 6.08. The first kappa shape index (κ1) is 13.7. The van der Waals surface area contributed by atoms with Gasteiger partial charge in [-0.2, -0.15) is 0 Å². The van der Waals surface area contributed by atoms with Crippen LogP contribution in [0.2, 0.25) is 0 Å². The van der Waals surface area contributed by atoms with Crippen molar-refractivity contribution in [1.29, 1.82) is 0 Å². The topological polar surface area (TPSA) is 38.0 Å². The molecule has 0 saturated carbocycles. The van der Waals surface area contributed by atoms with E-state index in [1.807, 2.05) is 11.3 Å². The molecule has 0 saturated heterocycles. The Labute approximate surface area is 103 Å². The van der Waals surface area contributed by atoms with Crippen LogP contribution in [0.1, 0.15) is 43.4 Å². The molecule has 0 aliphatic rings. The van der Waals surface area contributed by atoms with E-state index in [9.17, 15) is 0 Å². The summed E-state index contributed by atoms with van der Waals surface area (Å²) < 4.78 is 0. The molecule has 0 unspecified atom stereocenters. The molecule has 16 heavy (non-hydrogen) atoms. The summed E-state index contributed by atoms with van der Waals surface area (Å²) in [4.78, 5) is 2.91. The maximum Gasteiger partial charge on any atom is 0.0299 e. The molecule has 0 amide bonds. The smallest absolute Gasteiger partial charge is 0.0299 e. The van der Waals surface area contributed by atoms with Crippen molar-refractivity contribution in [3.05, 3.63) is 21.9 Å². The van der Waals surface area contributed by atoms with Crippen molar-refractivity contribution in [2.45, 2.75) is 52.1 Å². The lowest BCUT2D eigenvalue weighted by molar-refractivity contribution is 0.449. The van der Waals surface area contributed by atoms with E-state index in [2.05, 4.69) is 38.2 Å². The van der Waals surface area contributed by atoms with Crippen LogP contribution in [0.15, 0.2) is 12.1 Å². The predicted molar refractivity (Wildman–Crippen MR) is 72.9 cm³/mol. The summed E-state index contributed by atoms with van der Waals surface area (Å²) in [6.07, 6.45) is 3.37. The number of hydrogen-bond donors (Lipinski definition) is 2. The molecule has 0 aliphatic heterocycles. The highest BCUT2D eigenvalue weighted by atomic mass is 32.1. The third-order valence-electron chi connectivity index (χ3n) is 2.54. The van der Waals surface area contributed by atoms with Gasteiger partial charge in [-0.05, 0) is 51.8 Å². The van der Waals surface area contributed by atoms with E-state index < -0.39 is 0 Å². The van der Waals surface area contributed by atoms with Crippen LogP contribution in [0.3, 0.4) is 0 Å². The molecule has 0 spiro atoms. The van der Waals surface area contributed by atoms with E-state index in [4.69, 9.17) is 5.73 Å². The fourth-order valence-corrected chi connectivity index (χ4v) is 2.52. The molecule has 1 rings (SSSR count). The van der Waals surface area contributed by atoms with Crippen LogP contribution < -0.4 is 11.1 Å². The van der Waals surface area contributed by atoms with Gasteiger partial charge in [0, 0.05) is 21.8 Å². The lowest BCUT2D eigenvalue weighted by atomic mass is 10.0. The molecule has 1 aromatic heterocycles. The molecule has 0 aromatic carbocycles. The molecule has 0 fully saturated rings. The van der Waals surface area contributed by atoms with Crippen LogP contribution in [-0.4, -0.2) is 12.1 Å². The second kappa shape index (κ2) is 6.38. The fourth-order valence-electron chi connectivity index (χ4n) is 1.59. The largest absolute Gasteiger partial charge is 0.326 e. The highest BCUT2D eigenvalue weighted by molar-refractivity contribution is 7.11. The molecular formula is C13H24N2S. The van der Waals surface area contributed by atoms with Gasteiger partial charge in [-0.3, -0.25) is 0 Å². The van der Waals surface area contributed by atoms with Crippen LogP contribution in [0.5, 0.6) is 0 Å². The zero-order valence-electron chi connectivity index (χ0n) is 10.7. The van der Waals surface area contributed by atoms with Gasteiger partial charge in [0.15, 0.2) is 0 Å². The van der Waals surface area contributed by atoms with Crippen molar-refractivity contribution in [1.82, 2.24) is 5.32 Å². The van der Waals surface area contributed by atoms with E-state index in [0.717, 1.165) is 32.4 Å². The maximum atomic E-state index is 5.92. The standard InChI is InChI=1S/C13H24N2S/c1-4-11-6-7-12(16-11)10-15-9-5-8-13(2,3)14/h6-7,15H,4-5,8-10,14H2,1-3H3. The van der Waals surface area contributed by atoms with Gasteiger partial charge in [0.1, 0.15) is 0 Å². The van der Waals surface area contributed by atoms with Crippen LogP contribution in [0, 0.1) is 0 Å². The van der Waals surface area contributed by atoms with E-state index >= 15 is 0 Å². The van der Waals surface area contributed by atoms with Crippen LogP contribution in [-0.2, 0) is 13.0 Å². The highest BCUT2D eigenvalue weighted by Gasteiger charge is 2.08. The SMILES string of the molecule is CCc1ccc(CNCCCC(C)(C)N)s1. The zero-order valence-corrected chi connectivity index (χ0v) is 11.5. The molecule has 0 bridgehead atoms. The Kier molecular flexibility index (Phi) is 5.46. The Balaban J connectivity index is 2.11. The Morgan fingerprint density at radius 2 is 2.00 bits per heavy atom. The maximum absolute atomic E-state index is 5.92. The summed E-state index contributed by atoms with van der Waals surface area (Å²) in [6.45, 7) is 8.42. The highest BCUT2D eigenvalue weighted by Crippen LogP contribution is 2.16. The zero-order chi connectivity index (χ0) is 12.0. The summed E-state index contributed by atoms with van der Waals surface area (Å²) in [5.74, 6) is 0. The van der Waals surface area contributed by atoms with E-state index in [1.54, 1.807) is 0 Å². The number of nitrogens with one attached hydrogen (secondary N) is 1. The van der Waals surface area contributed by atoms with E-state index in [0.29, 0.717) is 0 Å². The second-order valence-electron chi connectivity index (χ2n) is 4.99. The third-order valence-corrected chi connectivity index (χ3v) is 3.77. The van der Waals surface area contributed by atoms with Gasteiger partial charge in [0.05, 0.1) is 0 Å². The van der Waals surface area contributed by atoms with Gasteiger partial charge >= 0.3 is 0 Å². The van der Waals surface area contributed by atoms with Crippen LogP contribution >= 0.6 is 11.3 Å². The van der Waals surface area contributed by atoms with Crippen LogP contribution in [0.4, 0.5) is 0 Å². The van der Waals surface area contributed by atoms with Gasteiger partial charge in [-0.15, -0.1) is 11.3 Å². The minimum atomic E-state index is -0.0278. The first-order chi connectivity index (χ1) is 7.51. The number of hydrogen-bond acceptors (Lipinski definition) is 3. The average Bonchev–Trinajstić information content (AvgIpc) is 2.63. The van der Waals surface area contributed by atoms with Crippen molar-refractivity contribution in [2.75, 3.05) is 6.54 Å². The fraction of sp³-hybridized carbons (Fsp3) is 0.692. The Hall–Kier alpha value is -0.380. The number of thiophene rings is 1. The molecule has 0 radical (unpaired) electrons. The van der Waals surface area contributed by atoms with Gasteiger partial charge in [-0.25, -0.2) is 0 Å². The number of nitrogens with two attached hydrogens (primary N) is 1. The molecule has 1 aromatic rings. The van der Waals surface area contributed by atoms with Crippen molar-refractivity contribution in [3.8, 4) is 0 Å². The average molecular weight is 240 g/mol. The molecule has 3 heteroatoms. The molecular weight excluding hydrogens is 216 g/mol. The van der Waals surface area contributed by atoms with Crippen LogP contribution in [0.25, 0.3) is 0 Å². The molecule has 2 nitrogen and oxygen atoms in total. The second-order valence-corrected chi connectivity index (χ2v) is 6.24. The number of rotatable bonds is 7. The van der Waals surface area contributed by atoms with Crippen molar-refractivity contribution in [2.24, 2.45) is 5.73 Å². The monoisotopic (exact) mass is 240 g/mol. The lowest BCUT2D eigenvalue weighted by Crippen LogP contribution is -2.32. The van der Waals surface area contributed by atoms with Crippen molar-refractivity contribution < 1.29 is 0 Å². The van der Waals surface area contributed by atoms with Crippen molar-refractivity contribution in [3.63, 3.8) is 0 Å². The summed E-state index contributed by atoms with van der Waals surface area (Å²) >= 11 is 1.91. The van der Waals surface area contributed by atoms with E-state index in [1.165, 1.54) is 9.75 Å². The quantitative estimate of drug-likeness (QED) is 0.719. The summed E-state index contributed by atoms with van der Waals surface area (Å²) in [6, 6.07) is 4.45. The predicted octanol–water partition coefficient (Wildman–Crippen LogP) is 2.92. The summed E-state index contributed by atoms with van der Waals surface area (Å²) in [5, 5.41) is 3.47. The number of aryl methyl sites for hydroxylation is 1. The van der Waals surface area contributed by atoms with Crippen molar-refractivity contribution >= 4 is 11.3 Å². The van der Waals surface area contributed by atoms with Gasteiger partial charge in [-0.1, -0.05) is 6.92 Å². The minimum Gasteiger partial charge on any atom is -0.326 e. The first-order valence-corrected chi connectivity index (χ1v) is 6.90. The third kappa shape index (κ3) is 5.64. The molecule has 0 aliphatic carbocycles. The summed E-state index contributed by atoms with van der Waals surface area (Å²) in [7, 11) is 0. The molecule has 92 valence electrons. The van der Waals surface area contributed by atoms with E-state index in [-0.39, 0.29) is 5.54 Å². The normalized spacial score (nSPS) is 12.0. The Morgan fingerprint density at radius 3 is 2.56 bits per heavy atom. The minimum absolute atomic E-state index is 0.0278. The molecule has 0 atom stereocenters. The summed E-state index contributed by atoms with van der Waals surface area (Å²) in [5.41, 5.74) is 5.90. The molecule has 1 heterocycles. The van der Waals surface area contributed by atoms with Gasteiger partial charge in [0.2, 0.25) is 0 Å². The lowest BCUT2D eigenvalue weighted by Gasteiger charge is -2.17. The molecule has 3 N–H and O–H groups in total. The van der Waals surface area contributed by atoms with Gasteiger partial charge < -0.3 is 11.1 Å².